The number of benzene rings is 1. The Bertz CT molecular complexity index is 448. The second-order valence-corrected chi connectivity index (χ2v) is 4.61. The third-order valence-corrected chi connectivity index (χ3v) is 3.35. The highest BCUT2D eigenvalue weighted by molar-refractivity contribution is 5.95. The minimum atomic E-state index is -0.204. The van der Waals surface area contributed by atoms with Gasteiger partial charge in [0.05, 0.1) is 11.8 Å². The van der Waals surface area contributed by atoms with Gasteiger partial charge in [0, 0.05) is 24.6 Å². The molecule has 0 radical (unpaired) electrons. The van der Waals surface area contributed by atoms with Gasteiger partial charge < -0.3 is 20.9 Å². The Kier molecular flexibility index (Phi) is 3.72. The van der Waals surface area contributed by atoms with Crippen molar-refractivity contribution in [1.29, 1.82) is 0 Å². The number of hydrogen-bond donors (Lipinski definition) is 3. The quantitative estimate of drug-likeness (QED) is 0.554. The van der Waals surface area contributed by atoms with Crippen LogP contribution in [0.5, 0.6) is 5.75 Å². The van der Waals surface area contributed by atoms with Crippen LogP contribution in [-0.2, 0) is 4.74 Å². The molecule has 4 N–H and O–H groups in total. The van der Waals surface area contributed by atoms with Gasteiger partial charge in [0.1, 0.15) is 5.75 Å². The van der Waals surface area contributed by atoms with Crippen molar-refractivity contribution in [1.82, 2.24) is 5.32 Å². The lowest BCUT2D eigenvalue weighted by Gasteiger charge is -2.14. The van der Waals surface area contributed by atoms with Gasteiger partial charge in [0.25, 0.3) is 5.91 Å². The molecule has 1 aromatic rings. The number of nitrogens with one attached hydrogen (secondary N) is 1. The molecule has 2 atom stereocenters. The molecule has 1 saturated heterocycles. The van der Waals surface area contributed by atoms with Gasteiger partial charge in [0.15, 0.2) is 0 Å². The summed E-state index contributed by atoms with van der Waals surface area (Å²) in [6.45, 7) is 3.36. The molecule has 2 unspecified atom stereocenters. The van der Waals surface area contributed by atoms with Gasteiger partial charge >= 0.3 is 0 Å². The maximum atomic E-state index is 11.9. The molecule has 1 amide bonds. The summed E-state index contributed by atoms with van der Waals surface area (Å²) in [4.78, 5) is 11.9. The van der Waals surface area contributed by atoms with E-state index in [1.807, 2.05) is 6.92 Å². The molecule has 0 bridgehead atoms. The van der Waals surface area contributed by atoms with E-state index in [1.165, 1.54) is 12.1 Å². The third-order valence-electron chi connectivity index (χ3n) is 3.35. The molecule has 5 heteroatoms. The summed E-state index contributed by atoms with van der Waals surface area (Å²) in [6, 6.07) is 4.49. The van der Waals surface area contributed by atoms with Crippen LogP contribution in [0.2, 0.25) is 0 Å². The lowest BCUT2D eigenvalue weighted by Crippen LogP contribution is -2.31. The molecule has 1 aromatic carbocycles. The van der Waals surface area contributed by atoms with Crippen LogP contribution in [0.3, 0.4) is 0 Å². The fourth-order valence-electron chi connectivity index (χ4n) is 2.05. The average Bonchev–Trinajstić information content (AvgIpc) is 2.75. The van der Waals surface area contributed by atoms with Crippen LogP contribution in [0.1, 0.15) is 23.7 Å². The third kappa shape index (κ3) is 2.73. The molecule has 0 aromatic heterocycles. The van der Waals surface area contributed by atoms with Gasteiger partial charge in [-0.3, -0.25) is 4.79 Å². The molecule has 1 aliphatic rings. The molecular weight excluding hydrogens is 232 g/mol. The number of rotatable bonds is 3. The number of aromatic hydroxyl groups is 1. The SMILES string of the molecule is CC1OCCC1CNC(=O)c1ccc(N)c(O)c1. The predicted octanol–water partition coefficient (Wildman–Crippen LogP) is 1.13. The van der Waals surface area contributed by atoms with E-state index in [4.69, 9.17) is 10.5 Å². The summed E-state index contributed by atoms with van der Waals surface area (Å²) >= 11 is 0. The van der Waals surface area contributed by atoms with Crippen LogP contribution in [0.4, 0.5) is 5.69 Å². The van der Waals surface area contributed by atoms with Crippen molar-refractivity contribution in [3.8, 4) is 5.75 Å². The van der Waals surface area contributed by atoms with Gasteiger partial charge in [-0.2, -0.15) is 0 Å². The number of amides is 1. The number of carbonyl (C=O) groups is 1. The smallest absolute Gasteiger partial charge is 0.251 e. The average molecular weight is 250 g/mol. The van der Waals surface area contributed by atoms with Gasteiger partial charge in [0.2, 0.25) is 0 Å². The lowest BCUT2D eigenvalue weighted by molar-refractivity contribution is 0.0907. The lowest BCUT2D eigenvalue weighted by atomic mass is 10.0. The number of anilines is 1. The minimum absolute atomic E-state index is 0.0692. The van der Waals surface area contributed by atoms with Crippen molar-refractivity contribution in [2.75, 3.05) is 18.9 Å². The minimum Gasteiger partial charge on any atom is -0.506 e. The summed E-state index contributed by atoms with van der Waals surface area (Å²) in [5.74, 6) is 0.0842. The number of phenolic OH excluding ortho intramolecular Hbond substituents is 1. The van der Waals surface area contributed by atoms with E-state index in [2.05, 4.69) is 5.32 Å². The number of nitrogens with two attached hydrogens (primary N) is 1. The molecule has 5 nitrogen and oxygen atoms in total. The Labute approximate surface area is 106 Å². The van der Waals surface area contributed by atoms with E-state index in [-0.39, 0.29) is 23.4 Å². The summed E-state index contributed by atoms with van der Waals surface area (Å²) in [5, 5.41) is 12.3. The maximum absolute atomic E-state index is 11.9. The monoisotopic (exact) mass is 250 g/mol. The van der Waals surface area contributed by atoms with Gasteiger partial charge in [-0.25, -0.2) is 0 Å². The van der Waals surface area contributed by atoms with Crippen LogP contribution < -0.4 is 11.1 Å². The number of carbonyl (C=O) groups excluding carboxylic acids is 1. The van der Waals surface area contributed by atoms with Crippen LogP contribution in [0.15, 0.2) is 18.2 Å². The first-order valence-corrected chi connectivity index (χ1v) is 6.06. The molecule has 0 saturated carbocycles. The summed E-state index contributed by atoms with van der Waals surface area (Å²) in [6.07, 6.45) is 1.15. The zero-order chi connectivity index (χ0) is 13.1. The van der Waals surface area contributed by atoms with Crippen molar-refractivity contribution < 1.29 is 14.6 Å². The number of phenols is 1. The summed E-state index contributed by atoms with van der Waals surface area (Å²) in [7, 11) is 0. The van der Waals surface area contributed by atoms with Crippen molar-refractivity contribution in [3.05, 3.63) is 23.8 Å². The highest BCUT2D eigenvalue weighted by Crippen LogP contribution is 2.21. The molecular formula is C13H18N2O3. The van der Waals surface area contributed by atoms with E-state index in [0.29, 0.717) is 18.0 Å². The molecule has 0 aliphatic carbocycles. The zero-order valence-electron chi connectivity index (χ0n) is 10.3. The molecule has 1 fully saturated rings. The van der Waals surface area contributed by atoms with Gasteiger partial charge in [-0.1, -0.05) is 0 Å². The Hall–Kier alpha value is -1.75. The van der Waals surface area contributed by atoms with E-state index in [9.17, 15) is 9.90 Å². The highest BCUT2D eigenvalue weighted by atomic mass is 16.5. The zero-order valence-corrected chi connectivity index (χ0v) is 10.3. The second-order valence-electron chi connectivity index (χ2n) is 4.61. The fraction of sp³-hybridized carbons (Fsp3) is 0.462. The van der Waals surface area contributed by atoms with Crippen LogP contribution >= 0.6 is 0 Å². The predicted molar refractivity (Wildman–Crippen MR) is 68.4 cm³/mol. The number of hydrogen-bond acceptors (Lipinski definition) is 4. The second kappa shape index (κ2) is 5.27. The van der Waals surface area contributed by atoms with Crippen LogP contribution in [-0.4, -0.2) is 30.3 Å². The van der Waals surface area contributed by atoms with Crippen molar-refractivity contribution in [2.24, 2.45) is 5.92 Å². The van der Waals surface area contributed by atoms with E-state index >= 15 is 0 Å². The molecule has 0 spiro atoms. The maximum Gasteiger partial charge on any atom is 0.251 e. The fourth-order valence-corrected chi connectivity index (χ4v) is 2.05. The number of nitrogen functional groups attached to an aromatic ring is 1. The first-order valence-electron chi connectivity index (χ1n) is 6.06. The van der Waals surface area contributed by atoms with Crippen LogP contribution in [0, 0.1) is 5.92 Å². The van der Waals surface area contributed by atoms with Crippen LogP contribution in [0.25, 0.3) is 0 Å². The Morgan fingerprint density at radius 2 is 2.39 bits per heavy atom. The van der Waals surface area contributed by atoms with E-state index < -0.39 is 0 Å². The molecule has 1 aliphatic heterocycles. The standard InChI is InChI=1S/C13H18N2O3/c1-8-10(4-5-18-8)7-15-13(17)9-2-3-11(14)12(16)6-9/h2-3,6,8,10,16H,4-5,7,14H2,1H3,(H,15,17). The van der Waals surface area contributed by atoms with E-state index in [0.717, 1.165) is 13.0 Å². The van der Waals surface area contributed by atoms with Gasteiger partial charge in [-0.15, -0.1) is 0 Å². The van der Waals surface area contributed by atoms with Crippen molar-refractivity contribution in [2.45, 2.75) is 19.4 Å². The van der Waals surface area contributed by atoms with Crippen molar-refractivity contribution in [3.63, 3.8) is 0 Å². The first-order chi connectivity index (χ1) is 8.58. The largest absolute Gasteiger partial charge is 0.506 e. The molecule has 98 valence electrons. The molecule has 2 rings (SSSR count). The van der Waals surface area contributed by atoms with Gasteiger partial charge in [-0.05, 0) is 31.5 Å². The Balaban J connectivity index is 1.93. The highest BCUT2D eigenvalue weighted by Gasteiger charge is 2.24. The molecule has 18 heavy (non-hydrogen) atoms. The summed E-state index contributed by atoms with van der Waals surface area (Å²) in [5.41, 5.74) is 6.16. The Morgan fingerprint density at radius 1 is 1.61 bits per heavy atom. The topological polar surface area (TPSA) is 84.6 Å². The van der Waals surface area contributed by atoms with E-state index in [1.54, 1.807) is 6.07 Å². The number of ether oxygens (including phenoxy) is 1. The van der Waals surface area contributed by atoms with Crippen molar-refractivity contribution >= 4 is 11.6 Å². The molecule has 1 heterocycles. The summed E-state index contributed by atoms with van der Waals surface area (Å²) < 4.78 is 5.43. The Morgan fingerprint density at radius 3 is 3.00 bits per heavy atom. The normalized spacial score (nSPS) is 22.9. The first kappa shape index (κ1) is 12.7.